The number of hydrogen-bond acceptors (Lipinski definition) is 3. The van der Waals surface area contributed by atoms with E-state index < -0.39 is 5.41 Å². The molecule has 4 nitrogen and oxygen atoms in total. The van der Waals surface area contributed by atoms with Gasteiger partial charge in [0, 0.05) is 19.0 Å². The van der Waals surface area contributed by atoms with E-state index >= 15 is 0 Å². The number of anilines is 2. The number of nitrogens with zero attached hydrogens (tertiary/aromatic N) is 2. The maximum Gasteiger partial charge on any atom is 0.231 e. The molecule has 1 N–H and O–H groups in total. The largest absolute Gasteiger partial charge is 0.357 e. The number of halogens is 1. The van der Waals surface area contributed by atoms with Gasteiger partial charge >= 0.3 is 0 Å². The van der Waals surface area contributed by atoms with Gasteiger partial charge in [-0.2, -0.15) is 0 Å². The van der Waals surface area contributed by atoms with Gasteiger partial charge in [0.1, 0.15) is 5.82 Å². The fraction of sp³-hybridized carbons (Fsp3) is 0.571. The van der Waals surface area contributed by atoms with Crippen LogP contribution in [0.2, 0.25) is 0 Å². The van der Waals surface area contributed by atoms with Crippen LogP contribution in [0.1, 0.15) is 27.7 Å². The van der Waals surface area contributed by atoms with Gasteiger partial charge in [0.05, 0.1) is 17.3 Å². The van der Waals surface area contributed by atoms with E-state index in [1.807, 2.05) is 26.0 Å². The summed E-state index contributed by atoms with van der Waals surface area (Å²) >= 11 is 5.78. The Morgan fingerprint density at radius 3 is 2.42 bits per heavy atom. The summed E-state index contributed by atoms with van der Waals surface area (Å²) < 4.78 is 0. The van der Waals surface area contributed by atoms with Crippen LogP contribution in [0.5, 0.6) is 0 Å². The minimum Gasteiger partial charge on any atom is -0.357 e. The number of alkyl halides is 1. The minimum absolute atomic E-state index is 0.0973. The zero-order valence-electron chi connectivity index (χ0n) is 12.0. The molecule has 0 aromatic carbocycles. The van der Waals surface area contributed by atoms with Crippen LogP contribution in [-0.2, 0) is 4.79 Å². The summed E-state index contributed by atoms with van der Waals surface area (Å²) in [7, 11) is 0. The Balaban J connectivity index is 2.75. The van der Waals surface area contributed by atoms with Crippen LogP contribution < -0.4 is 10.2 Å². The Kier molecular flexibility index (Phi) is 5.60. The van der Waals surface area contributed by atoms with Crippen LogP contribution >= 0.6 is 11.6 Å². The van der Waals surface area contributed by atoms with Crippen molar-refractivity contribution in [3.8, 4) is 0 Å². The number of nitrogens with one attached hydrogen (secondary N) is 1. The minimum atomic E-state index is -0.584. The number of pyridine rings is 1. The van der Waals surface area contributed by atoms with E-state index in [4.69, 9.17) is 11.6 Å². The number of carbonyl (C=O) groups is 1. The number of rotatable bonds is 6. The van der Waals surface area contributed by atoms with Crippen LogP contribution in [0.15, 0.2) is 18.3 Å². The second kappa shape index (κ2) is 6.75. The van der Waals surface area contributed by atoms with Crippen molar-refractivity contribution in [3.05, 3.63) is 18.3 Å². The Morgan fingerprint density at radius 1 is 1.37 bits per heavy atom. The first kappa shape index (κ1) is 15.8. The summed E-state index contributed by atoms with van der Waals surface area (Å²) in [4.78, 5) is 18.5. The van der Waals surface area contributed by atoms with E-state index in [9.17, 15) is 4.79 Å². The van der Waals surface area contributed by atoms with Gasteiger partial charge in [-0.15, -0.1) is 11.6 Å². The van der Waals surface area contributed by atoms with Crippen molar-refractivity contribution in [3.63, 3.8) is 0 Å². The lowest BCUT2D eigenvalue weighted by molar-refractivity contribution is -0.122. The zero-order chi connectivity index (χ0) is 14.5. The number of carbonyl (C=O) groups excluding carboxylic acids is 1. The fourth-order valence-corrected chi connectivity index (χ4v) is 1.68. The van der Waals surface area contributed by atoms with Crippen LogP contribution in [0, 0.1) is 5.41 Å². The van der Waals surface area contributed by atoms with Crippen LogP contribution in [-0.4, -0.2) is 29.9 Å². The summed E-state index contributed by atoms with van der Waals surface area (Å²) in [6.45, 7) is 9.62. The summed E-state index contributed by atoms with van der Waals surface area (Å²) in [6, 6.07) is 3.78. The molecule has 0 fully saturated rings. The molecule has 1 heterocycles. The van der Waals surface area contributed by atoms with Gasteiger partial charge in [0.25, 0.3) is 0 Å². The predicted octanol–water partition coefficient (Wildman–Crippen LogP) is 3.13. The van der Waals surface area contributed by atoms with Crippen molar-refractivity contribution in [2.24, 2.45) is 5.41 Å². The monoisotopic (exact) mass is 283 g/mol. The van der Waals surface area contributed by atoms with Gasteiger partial charge in [-0.05, 0) is 39.8 Å². The first-order valence-electron chi connectivity index (χ1n) is 6.53. The maximum atomic E-state index is 12.0. The lowest BCUT2D eigenvalue weighted by Crippen LogP contribution is -2.32. The molecule has 0 unspecified atom stereocenters. The molecule has 0 aliphatic heterocycles. The van der Waals surface area contributed by atoms with Gasteiger partial charge < -0.3 is 10.2 Å². The van der Waals surface area contributed by atoms with Crippen molar-refractivity contribution >= 4 is 29.0 Å². The third-order valence-corrected chi connectivity index (χ3v) is 3.71. The molecule has 0 atom stereocenters. The van der Waals surface area contributed by atoms with Crippen molar-refractivity contribution < 1.29 is 4.79 Å². The molecular weight excluding hydrogens is 262 g/mol. The van der Waals surface area contributed by atoms with E-state index in [0.717, 1.165) is 18.9 Å². The van der Waals surface area contributed by atoms with E-state index in [-0.39, 0.29) is 11.8 Å². The van der Waals surface area contributed by atoms with E-state index in [0.29, 0.717) is 5.69 Å². The average molecular weight is 284 g/mol. The Labute approximate surface area is 120 Å². The van der Waals surface area contributed by atoms with E-state index in [2.05, 4.69) is 29.0 Å². The summed E-state index contributed by atoms with van der Waals surface area (Å²) in [5, 5.41) is 2.83. The molecule has 5 heteroatoms. The SMILES string of the molecule is CCN(CC)c1ccc(NC(=O)C(C)(C)CCl)cn1. The van der Waals surface area contributed by atoms with Crippen LogP contribution in [0.25, 0.3) is 0 Å². The highest BCUT2D eigenvalue weighted by molar-refractivity contribution is 6.20. The third-order valence-electron chi connectivity index (χ3n) is 3.04. The van der Waals surface area contributed by atoms with Crippen LogP contribution in [0.4, 0.5) is 11.5 Å². The molecule has 0 saturated heterocycles. The summed E-state index contributed by atoms with van der Waals surface area (Å²) in [5.41, 5.74) is 0.109. The predicted molar refractivity (Wildman–Crippen MR) is 80.9 cm³/mol. The van der Waals surface area contributed by atoms with Crippen molar-refractivity contribution in [1.82, 2.24) is 4.98 Å². The van der Waals surface area contributed by atoms with Crippen molar-refractivity contribution in [1.29, 1.82) is 0 Å². The fourth-order valence-electron chi connectivity index (χ4n) is 1.56. The smallest absolute Gasteiger partial charge is 0.231 e. The molecule has 1 amide bonds. The molecule has 1 rings (SSSR count). The highest BCUT2D eigenvalue weighted by atomic mass is 35.5. The van der Waals surface area contributed by atoms with Gasteiger partial charge in [-0.1, -0.05) is 0 Å². The zero-order valence-corrected chi connectivity index (χ0v) is 12.8. The van der Waals surface area contributed by atoms with Gasteiger partial charge in [0.2, 0.25) is 5.91 Å². The number of aromatic nitrogens is 1. The first-order chi connectivity index (χ1) is 8.94. The van der Waals surface area contributed by atoms with Gasteiger partial charge in [-0.25, -0.2) is 4.98 Å². The van der Waals surface area contributed by atoms with E-state index in [1.165, 1.54) is 0 Å². The molecule has 19 heavy (non-hydrogen) atoms. The molecule has 106 valence electrons. The molecule has 0 saturated carbocycles. The quantitative estimate of drug-likeness (QED) is 0.816. The van der Waals surface area contributed by atoms with Crippen molar-refractivity contribution in [2.75, 3.05) is 29.2 Å². The molecule has 0 aliphatic rings. The second-order valence-corrected chi connectivity index (χ2v) is 5.32. The van der Waals surface area contributed by atoms with Crippen molar-refractivity contribution in [2.45, 2.75) is 27.7 Å². The molecule has 1 aromatic rings. The van der Waals surface area contributed by atoms with Crippen LogP contribution in [0.3, 0.4) is 0 Å². The molecule has 0 spiro atoms. The molecule has 0 bridgehead atoms. The lowest BCUT2D eigenvalue weighted by Gasteiger charge is -2.21. The van der Waals surface area contributed by atoms with Gasteiger partial charge in [-0.3, -0.25) is 4.79 Å². The Morgan fingerprint density at radius 2 is 2.00 bits per heavy atom. The lowest BCUT2D eigenvalue weighted by atomic mass is 9.95. The standard InChI is InChI=1S/C14H22ClN3O/c1-5-18(6-2)12-8-7-11(9-16-12)17-13(19)14(3,4)10-15/h7-9H,5-6,10H2,1-4H3,(H,17,19). The van der Waals surface area contributed by atoms with E-state index in [1.54, 1.807) is 6.20 Å². The molecule has 1 aromatic heterocycles. The highest BCUT2D eigenvalue weighted by Gasteiger charge is 2.26. The molecule has 0 aliphatic carbocycles. The average Bonchev–Trinajstić information content (AvgIpc) is 2.42. The third kappa shape index (κ3) is 4.10. The molecule has 0 radical (unpaired) electrons. The summed E-state index contributed by atoms with van der Waals surface area (Å²) in [6.07, 6.45) is 1.68. The number of amides is 1. The highest BCUT2D eigenvalue weighted by Crippen LogP contribution is 2.21. The molecular formula is C14H22ClN3O. The van der Waals surface area contributed by atoms with Gasteiger partial charge in [0.15, 0.2) is 0 Å². The Bertz CT molecular complexity index is 413. The number of hydrogen-bond donors (Lipinski definition) is 1. The summed E-state index contributed by atoms with van der Waals surface area (Å²) in [5.74, 6) is 1.10. The maximum absolute atomic E-state index is 12.0. The normalized spacial score (nSPS) is 11.2. The Hall–Kier alpha value is -1.29. The second-order valence-electron chi connectivity index (χ2n) is 5.05. The first-order valence-corrected chi connectivity index (χ1v) is 7.06. The topological polar surface area (TPSA) is 45.2 Å².